The number of halogens is 1. The zero-order chi connectivity index (χ0) is 12.6. The molecule has 0 aliphatic heterocycles. The van der Waals surface area contributed by atoms with Crippen LogP contribution in [0.5, 0.6) is 0 Å². The first-order valence-electron chi connectivity index (χ1n) is 5.86. The molecule has 0 N–H and O–H groups in total. The van der Waals surface area contributed by atoms with Gasteiger partial charge in [0.2, 0.25) is 0 Å². The average molecular weight is 249 g/mol. The topological polar surface area (TPSA) is 17.8 Å². The van der Waals surface area contributed by atoms with Crippen LogP contribution < -0.4 is 0 Å². The van der Waals surface area contributed by atoms with E-state index in [1.54, 1.807) is 0 Å². The number of aromatic nitrogens is 2. The lowest BCUT2D eigenvalue weighted by molar-refractivity contribution is 0.855. The highest BCUT2D eigenvalue weighted by Crippen LogP contribution is 2.25. The Labute approximate surface area is 107 Å². The molecule has 0 atom stereocenters. The van der Waals surface area contributed by atoms with Crippen LogP contribution in [0.2, 0.25) is 5.15 Å². The largest absolute Gasteiger partial charge is 0.221 e. The van der Waals surface area contributed by atoms with Crippen molar-refractivity contribution in [1.29, 1.82) is 0 Å². The predicted molar refractivity (Wildman–Crippen MR) is 72.2 cm³/mol. The summed E-state index contributed by atoms with van der Waals surface area (Å²) in [6, 6.07) is 6.32. The molecule has 0 saturated heterocycles. The molecule has 2 nitrogen and oxygen atoms in total. The lowest BCUT2D eigenvalue weighted by Crippen LogP contribution is -2.00. The van der Waals surface area contributed by atoms with Gasteiger partial charge in [0.25, 0.3) is 0 Å². The maximum atomic E-state index is 6.39. The van der Waals surface area contributed by atoms with Crippen molar-refractivity contribution in [1.82, 2.24) is 9.78 Å². The average Bonchev–Trinajstić information content (AvgIpc) is 2.57. The van der Waals surface area contributed by atoms with E-state index in [0.717, 1.165) is 28.5 Å². The molecule has 0 fully saturated rings. The van der Waals surface area contributed by atoms with Gasteiger partial charge in [-0.1, -0.05) is 30.7 Å². The highest BCUT2D eigenvalue weighted by Gasteiger charge is 2.14. The number of aryl methyl sites for hydroxylation is 3. The van der Waals surface area contributed by atoms with Crippen molar-refractivity contribution in [3.8, 4) is 5.69 Å². The molecule has 0 unspecified atom stereocenters. The molecule has 0 aliphatic carbocycles. The van der Waals surface area contributed by atoms with Crippen LogP contribution in [-0.2, 0) is 6.42 Å². The van der Waals surface area contributed by atoms with Crippen molar-refractivity contribution in [3.63, 3.8) is 0 Å². The maximum absolute atomic E-state index is 6.39. The number of rotatable bonds is 2. The Morgan fingerprint density at radius 1 is 1.24 bits per heavy atom. The van der Waals surface area contributed by atoms with E-state index in [2.05, 4.69) is 44.1 Å². The van der Waals surface area contributed by atoms with Gasteiger partial charge >= 0.3 is 0 Å². The molecule has 90 valence electrons. The predicted octanol–water partition coefficient (Wildman–Crippen LogP) is 4.01. The Balaban J connectivity index is 2.64. The molecule has 0 aliphatic rings. The van der Waals surface area contributed by atoms with Crippen molar-refractivity contribution in [2.45, 2.75) is 34.1 Å². The summed E-state index contributed by atoms with van der Waals surface area (Å²) >= 11 is 6.39. The summed E-state index contributed by atoms with van der Waals surface area (Å²) in [7, 11) is 0. The van der Waals surface area contributed by atoms with E-state index in [-0.39, 0.29) is 0 Å². The Morgan fingerprint density at radius 2 is 1.94 bits per heavy atom. The van der Waals surface area contributed by atoms with Gasteiger partial charge in [0.15, 0.2) is 0 Å². The van der Waals surface area contributed by atoms with Gasteiger partial charge in [-0.15, -0.1) is 0 Å². The van der Waals surface area contributed by atoms with Crippen LogP contribution in [-0.4, -0.2) is 9.78 Å². The normalized spacial score (nSPS) is 10.9. The van der Waals surface area contributed by atoms with Crippen molar-refractivity contribution >= 4 is 11.6 Å². The SMILES string of the molecule is CCc1c(C)nn(-c2cc(C)ccc2C)c1Cl. The Morgan fingerprint density at radius 3 is 2.53 bits per heavy atom. The molecule has 0 spiro atoms. The molecule has 3 heteroatoms. The summed E-state index contributed by atoms with van der Waals surface area (Å²) in [5.74, 6) is 0. The third-order valence-corrected chi connectivity index (χ3v) is 3.46. The molecule has 17 heavy (non-hydrogen) atoms. The lowest BCUT2D eigenvalue weighted by atomic mass is 10.1. The molecule has 0 saturated carbocycles. The number of hydrogen-bond acceptors (Lipinski definition) is 1. The van der Waals surface area contributed by atoms with Gasteiger partial charge in [-0.25, -0.2) is 4.68 Å². The third kappa shape index (κ3) is 2.09. The van der Waals surface area contributed by atoms with Crippen molar-refractivity contribution in [3.05, 3.63) is 45.7 Å². The standard InChI is InChI=1S/C14H17ClN2/c1-5-12-11(4)16-17(14(12)15)13-8-9(2)6-7-10(13)3/h6-8H,5H2,1-4H3. The number of benzene rings is 1. The Kier molecular flexibility index (Phi) is 3.25. The summed E-state index contributed by atoms with van der Waals surface area (Å²) in [4.78, 5) is 0. The van der Waals surface area contributed by atoms with E-state index < -0.39 is 0 Å². The molecule has 1 aromatic carbocycles. The maximum Gasteiger partial charge on any atom is 0.136 e. The van der Waals surface area contributed by atoms with Crippen LogP contribution >= 0.6 is 11.6 Å². The second-order valence-electron chi connectivity index (χ2n) is 4.41. The first-order valence-corrected chi connectivity index (χ1v) is 6.24. The second-order valence-corrected chi connectivity index (χ2v) is 4.77. The van der Waals surface area contributed by atoms with Gasteiger partial charge < -0.3 is 0 Å². The van der Waals surface area contributed by atoms with Crippen molar-refractivity contribution < 1.29 is 0 Å². The van der Waals surface area contributed by atoms with Crippen LogP contribution in [0.3, 0.4) is 0 Å². The van der Waals surface area contributed by atoms with Gasteiger partial charge in [-0.3, -0.25) is 0 Å². The van der Waals surface area contributed by atoms with Gasteiger partial charge in [0, 0.05) is 5.56 Å². The van der Waals surface area contributed by atoms with Gasteiger partial charge in [0.1, 0.15) is 5.15 Å². The lowest BCUT2D eigenvalue weighted by Gasteiger charge is -2.08. The third-order valence-electron chi connectivity index (χ3n) is 3.07. The van der Waals surface area contributed by atoms with Crippen molar-refractivity contribution in [2.24, 2.45) is 0 Å². The molecular weight excluding hydrogens is 232 g/mol. The fraction of sp³-hybridized carbons (Fsp3) is 0.357. The minimum atomic E-state index is 0.735. The second kappa shape index (κ2) is 4.53. The zero-order valence-corrected chi connectivity index (χ0v) is 11.5. The summed E-state index contributed by atoms with van der Waals surface area (Å²) in [6.07, 6.45) is 0.912. The molecule has 2 rings (SSSR count). The highest BCUT2D eigenvalue weighted by atomic mass is 35.5. The van der Waals surface area contributed by atoms with Crippen LogP contribution in [0.25, 0.3) is 5.69 Å². The first-order chi connectivity index (χ1) is 8.04. The summed E-state index contributed by atoms with van der Waals surface area (Å²) in [5.41, 5.74) is 5.61. The van der Waals surface area contributed by atoms with E-state index in [9.17, 15) is 0 Å². The molecule has 1 aromatic heterocycles. The first kappa shape index (κ1) is 12.2. The van der Waals surface area contributed by atoms with Crippen LogP contribution in [0, 0.1) is 20.8 Å². The summed E-state index contributed by atoms with van der Waals surface area (Å²) < 4.78 is 1.85. The summed E-state index contributed by atoms with van der Waals surface area (Å²) in [5, 5.41) is 5.27. The molecule has 1 heterocycles. The van der Waals surface area contributed by atoms with E-state index in [4.69, 9.17) is 11.6 Å². The van der Waals surface area contributed by atoms with E-state index in [0.29, 0.717) is 0 Å². The van der Waals surface area contributed by atoms with Crippen LogP contribution in [0.4, 0.5) is 0 Å². The number of hydrogen-bond donors (Lipinski definition) is 0. The van der Waals surface area contributed by atoms with E-state index >= 15 is 0 Å². The zero-order valence-electron chi connectivity index (χ0n) is 10.7. The van der Waals surface area contributed by atoms with E-state index in [1.165, 1.54) is 11.1 Å². The minimum Gasteiger partial charge on any atom is -0.221 e. The minimum absolute atomic E-state index is 0.735. The van der Waals surface area contributed by atoms with Crippen LogP contribution in [0.15, 0.2) is 18.2 Å². The van der Waals surface area contributed by atoms with Crippen LogP contribution in [0.1, 0.15) is 29.3 Å². The van der Waals surface area contributed by atoms with Crippen molar-refractivity contribution in [2.75, 3.05) is 0 Å². The smallest absolute Gasteiger partial charge is 0.136 e. The molecule has 0 radical (unpaired) electrons. The fourth-order valence-corrected chi connectivity index (χ4v) is 2.44. The van der Waals surface area contributed by atoms with Gasteiger partial charge in [-0.2, -0.15) is 5.10 Å². The monoisotopic (exact) mass is 248 g/mol. The molecule has 2 aromatic rings. The number of nitrogens with zero attached hydrogens (tertiary/aromatic N) is 2. The molecular formula is C14H17ClN2. The van der Waals surface area contributed by atoms with E-state index in [1.807, 2.05) is 11.6 Å². The van der Waals surface area contributed by atoms with Gasteiger partial charge in [-0.05, 0) is 44.4 Å². The van der Waals surface area contributed by atoms with Gasteiger partial charge in [0.05, 0.1) is 11.4 Å². The highest BCUT2D eigenvalue weighted by molar-refractivity contribution is 6.30. The fourth-order valence-electron chi connectivity index (χ4n) is 2.04. The quantitative estimate of drug-likeness (QED) is 0.785. The Bertz CT molecular complexity index is 556. The Hall–Kier alpha value is -1.28. The summed E-state index contributed by atoms with van der Waals surface area (Å²) in [6.45, 7) is 8.26. The molecule has 0 amide bonds. The molecule has 0 bridgehead atoms.